The lowest BCUT2D eigenvalue weighted by molar-refractivity contribution is 0.252. The Morgan fingerprint density at radius 2 is 1.86 bits per heavy atom. The maximum absolute atomic E-state index is 12.3. The number of anilines is 1. The van der Waals surface area contributed by atoms with Gasteiger partial charge in [-0.25, -0.2) is 9.97 Å². The average Bonchev–Trinajstić information content (AvgIpc) is 2.48. The molecule has 0 radical (unpaired) electrons. The minimum absolute atomic E-state index is 0.543. The first kappa shape index (κ1) is 15.7. The van der Waals surface area contributed by atoms with Crippen LogP contribution in [0.25, 0.3) is 11.3 Å². The van der Waals surface area contributed by atoms with Gasteiger partial charge in [0.05, 0.1) is 5.69 Å². The Morgan fingerprint density at radius 3 is 2.38 bits per heavy atom. The monoisotopic (exact) mass is 309 g/mol. The number of halogens is 2. The molecule has 0 aliphatic heterocycles. The SMILES string of the molecule is CCc1nc(NC)c(C)c(-c2ccc(SC(F)F)cc2)n1. The van der Waals surface area contributed by atoms with Crippen molar-refractivity contribution in [2.24, 2.45) is 0 Å². The zero-order valence-corrected chi connectivity index (χ0v) is 13.0. The van der Waals surface area contributed by atoms with E-state index in [4.69, 9.17) is 0 Å². The number of hydrogen-bond acceptors (Lipinski definition) is 4. The van der Waals surface area contributed by atoms with E-state index in [0.717, 1.165) is 34.9 Å². The molecule has 2 rings (SSSR count). The molecule has 1 heterocycles. The maximum atomic E-state index is 12.3. The fraction of sp³-hybridized carbons (Fsp3) is 0.333. The first-order valence-electron chi connectivity index (χ1n) is 6.65. The molecular weight excluding hydrogens is 292 g/mol. The number of aromatic nitrogens is 2. The molecule has 2 aromatic rings. The lowest BCUT2D eigenvalue weighted by atomic mass is 10.1. The van der Waals surface area contributed by atoms with Crippen LogP contribution in [0.4, 0.5) is 14.6 Å². The molecule has 1 N–H and O–H groups in total. The number of nitrogens with zero attached hydrogens (tertiary/aromatic N) is 2. The summed E-state index contributed by atoms with van der Waals surface area (Å²) in [5.41, 5.74) is 2.68. The molecule has 0 aliphatic rings. The summed E-state index contributed by atoms with van der Waals surface area (Å²) in [6.07, 6.45) is 0.737. The van der Waals surface area contributed by atoms with Gasteiger partial charge in [-0.3, -0.25) is 0 Å². The summed E-state index contributed by atoms with van der Waals surface area (Å²) in [5.74, 6) is -0.854. The second-order valence-corrected chi connectivity index (χ2v) is 5.53. The Kier molecular flexibility index (Phi) is 5.12. The van der Waals surface area contributed by atoms with Crippen LogP contribution in [0, 0.1) is 6.92 Å². The van der Waals surface area contributed by atoms with Crippen LogP contribution >= 0.6 is 11.8 Å². The molecule has 1 aromatic heterocycles. The highest BCUT2D eigenvalue weighted by atomic mass is 32.2. The van der Waals surface area contributed by atoms with Gasteiger partial charge in [-0.15, -0.1) is 0 Å². The molecule has 0 saturated heterocycles. The normalized spacial score (nSPS) is 11.0. The Labute approximate surface area is 127 Å². The first-order valence-corrected chi connectivity index (χ1v) is 7.53. The topological polar surface area (TPSA) is 37.8 Å². The van der Waals surface area contributed by atoms with E-state index in [9.17, 15) is 8.78 Å². The van der Waals surface area contributed by atoms with Gasteiger partial charge in [0, 0.05) is 29.5 Å². The summed E-state index contributed by atoms with van der Waals surface area (Å²) < 4.78 is 24.7. The van der Waals surface area contributed by atoms with Crippen molar-refractivity contribution in [3.8, 4) is 11.3 Å². The van der Waals surface area contributed by atoms with Gasteiger partial charge >= 0.3 is 0 Å². The molecule has 0 fully saturated rings. The highest BCUT2D eigenvalue weighted by molar-refractivity contribution is 7.99. The second kappa shape index (κ2) is 6.85. The molecule has 0 saturated carbocycles. The van der Waals surface area contributed by atoms with Crippen LogP contribution in [0.3, 0.4) is 0 Å². The van der Waals surface area contributed by atoms with Gasteiger partial charge in [0.2, 0.25) is 0 Å². The summed E-state index contributed by atoms with van der Waals surface area (Å²) in [6, 6.07) is 7.02. The van der Waals surface area contributed by atoms with Crippen molar-refractivity contribution in [3.05, 3.63) is 35.7 Å². The van der Waals surface area contributed by atoms with E-state index in [0.29, 0.717) is 16.7 Å². The van der Waals surface area contributed by atoms with E-state index in [1.807, 2.05) is 33.0 Å². The Morgan fingerprint density at radius 1 is 1.19 bits per heavy atom. The predicted molar refractivity (Wildman–Crippen MR) is 83.0 cm³/mol. The molecule has 0 atom stereocenters. The van der Waals surface area contributed by atoms with Crippen molar-refractivity contribution in [3.63, 3.8) is 0 Å². The van der Waals surface area contributed by atoms with Gasteiger partial charge in [0.1, 0.15) is 11.6 Å². The third-order valence-corrected chi connectivity index (χ3v) is 3.82. The lowest BCUT2D eigenvalue weighted by Crippen LogP contribution is -2.04. The van der Waals surface area contributed by atoms with Crippen LogP contribution in [0.15, 0.2) is 29.2 Å². The largest absolute Gasteiger partial charge is 0.373 e. The van der Waals surface area contributed by atoms with Gasteiger partial charge in [-0.1, -0.05) is 30.8 Å². The molecule has 0 amide bonds. The summed E-state index contributed by atoms with van der Waals surface area (Å²) in [7, 11) is 1.82. The number of hydrogen-bond donors (Lipinski definition) is 1. The Balaban J connectivity index is 2.41. The fourth-order valence-electron chi connectivity index (χ4n) is 2.04. The molecule has 3 nitrogen and oxygen atoms in total. The van der Waals surface area contributed by atoms with Crippen molar-refractivity contribution in [1.82, 2.24) is 9.97 Å². The second-order valence-electron chi connectivity index (χ2n) is 4.47. The van der Waals surface area contributed by atoms with Gasteiger partial charge in [-0.2, -0.15) is 8.78 Å². The van der Waals surface area contributed by atoms with E-state index in [-0.39, 0.29) is 0 Å². The van der Waals surface area contributed by atoms with Gasteiger partial charge in [-0.05, 0) is 19.1 Å². The molecule has 112 valence electrons. The van der Waals surface area contributed by atoms with Gasteiger partial charge < -0.3 is 5.32 Å². The van der Waals surface area contributed by atoms with E-state index >= 15 is 0 Å². The predicted octanol–water partition coefficient (Wildman–Crippen LogP) is 4.37. The zero-order chi connectivity index (χ0) is 15.4. The number of rotatable bonds is 5. The van der Waals surface area contributed by atoms with Crippen molar-refractivity contribution in [1.29, 1.82) is 0 Å². The van der Waals surface area contributed by atoms with Gasteiger partial charge in [0.25, 0.3) is 5.76 Å². The van der Waals surface area contributed by atoms with Crippen LogP contribution in [-0.2, 0) is 6.42 Å². The molecule has 0 spiro atoms. The minimum Gasteiger partial charge on any atom is -0.373 e. The summed E-state index contributed by atoms with van der Waals surface area (Å²) >= 11 is 0.543. The average molecular weight is 309 g/mol. The standard InChI is InChI=1S/C15H17F2N3S/c1-4-12-19-13(9(2)14(18-3)20-12)10-5-7-11(8-6-10)21-15(16)17/h5-8,15H,4H2,1-3H3,(H,18,19,20). The molecule has 0 unspecified atom stereocenters. The van der Waals surface area contributed by atoms with Crippen LogP contribution in [0.2, 0.25) is 0 Å². The first-order chi connectivity index (χ1) is 10.0. The third-order valence-electron chi connectivity index (χ3n) is 3.10. The van der Waals surface area contributed by atoms with E-state index in [1.54, 1.807) is 12.1 Å². The van der Waals surface area contributed by atoms with Crippen molar-refractivity contribution in [2.75, 3.05) is 12.4 Å². The smallest absolute Gasteiger partial charge is 0.288 e. The quantitative estimate of drug-likeness (QED) is 0.832. The fourth-order valence-corrected chi connectivity index (χ4v) is 2.54. The molecular formula is C15H17F2N3S. The highest BCUT2D eigenvalue weighted by Crippen LogP contribution is 2.30. The molecule has 0 bridgehead atoms. The maximum Gasteiger partial charge on any atom is 0.288 e. The minimum atomic E-state index is -2.40. The van der Waals surface area contributed by atoms with E-state index in [1.165, 1.54) is 0 Å². The molecule has 21 heavy (non-hydrogen) atoms. The van der Waals surface area contributed by atoms with Crippen LogP contribution in [-0.4, -0.2) is 22.8 Å². The molecule has 1 aromatic carbocycles. The van der Waals surface area contributed by atoms with Crippen LogP contribution < -0.4 is 5.32 Å². The highest BCUT2D eigenvalue weighted by Gasteiger charge is 2.12. The number of alkyl halides is 2. The zero-order valence-electron chi connectivity index (χ0n) is 12.2. The third kappa shape index (κ3) is 3.69. The van der Waals surface area contributed by atoms with Crippen LogP contribution in [0.1, 0.15) is 18.3 Å². The summed E-state index contributed by atoms with van der Waals surface area (Å²) in [5, 5.41) is 3.06. The van der Waals surface area contributed by atoms with Crippen molar-refractivity contribution in [2.45, 2.75) is 30.9 Å². The van der Waals surface area contributed by atoms with Crippen LogP contribution in [0.5, 0.6) is 0 Å². The Bertz CT molecular complexity index is 615. The van der Waals surface area contributed by atoms with E-state index in [2.05, 4.69) is 15.3 Å². The lowest BCUT2D eigenvalue weighted by Gasteiger charge is -2.12. The number of thioether (sulfide) groups is 1. The number of aryl methyl sites for hydroxylation is 1. The summed E-state index contributed by atoms with van der Waals surface area (Å²) in [4.78, 5) is 9.53. The molecule has 6 heteroatoms. The van der Waals surface area contributed by atoms with E-state index < -0.39 is 5.76 Å². The summed E-state index contributed by atoms with van der Waals surface area (Å²) in [6.45, 7) is 3.94. The van der Waals surface area contributed by atoms with Crippen molar-refractivity contribution >= 4 is 17.6 Å². The molecule has 0 aliphatic carbocycles. The van der Waals surface area contributed by atoms with Crippen molar-refractivity contribution < 1.29 is 8.78 Å². The number of benzene rings is 1. The van der Waals surface area contributed by atoms with Gasteiger partial charge in [0.15, 0.2) is 0 Å². The Hall–Kier alpha value is -1.69. The number of nitrogens with one attached hydrogen (secondary N) is 1.